The molecule has 1 heterocycles. The zero-order valence-electron chi connectivity index (χ0n) is 15.4. The Hall–Kier alpha value is -3.10. The van der Waals surface area contributed by atoms with Crippen molar-refractivity contribution in [3.63, 3.8) is 0 Å². The Bertz CT molecular complexity index is 832. The molecular weight excluding hydrogens is 338 g/mol. The summed E-state index contributed by atoms with van der Waals surface area (Å²) in [4.78, 5) is 14.7. The van der Waals surface area contributed by atoms with Gasteiger partial charge < -0.3 is 15.0 Å². The maximum absolute atomic E-state index is 12.5. The molecule has 0 bridgehead atoms. The smallest absolute Gasteiger partial charge is 0.262 e. The van der Waals surface area contributed by atoms with Crippen LogP contribution in [0.25, 0.3) is 6.08 Å². The van der Waals surface area contributed by atoms with E-state index in [1.165, 1.54) is 0 Å². The Labute approximate surface area is 159 Å². The molecule has 2 aromatic rings. The summed E-state index contributed by atoms with van der Waals surface area (Å²) in [6.07, 6.45) is 1.62. The summed E-state index contributed by atoms with van der Waals surface area (Å²) in [5, 5.41) is 12.3. The second-order valence-corrected chi connectivity index (χ2v) is 6.47. The lowest BCUT2D eigenvalue weighted by atomic mass is 10.1. The van der Waals surface area contributed by atoms with Gasteiger partial charge in [0.15, 0.2) is 0 Å². The molecule has 1 aliphatic heterocycles. The van der Waals surface area contributed by atoms with E-state index in [4.69, 9.17) is 4.74 Å². The third-order valence-electron chi connectivity index (χ3n) is 4.59. The van der Waals surface area contributed by atoms with E-state index in [0.717, 1.165) is 43.1 Å². The second-order valence-electron chi connectivity index (χ2n) is 6.47. The number of hydrogen-bond acceptors (Lipinski definition) is 4. The lowest BCUT2D eigenvalue weighted by molar-refractivity contribution is -0.117. The molecule has 1 atom stereocenters. The van der Waals surface area contributed by atoms with Crippen molar-refractivity contribution in [2.24, 2.45) is 0 Å². The standard InChI is InChI=1S/C22H23N3O2/c1-17(19-5-3-2-4-6-19)24-22(26)20(16-23)15-18-7-9-21(10-8-18)25-11-13-27-14-12-25/h2-10,15,17H,11-14H2,1H3,(H,24,26)/b20-15-/t17-/m0/s1. The van der Waals surface area contributed by atoms with Crippen molar-refractivity contribution in [1.29, 1.82) is 5.26 Å². The number of hydrogen-bond donors (Lipinski definition) is 1. The SMILES string of the molecule is C[C@H](NC(=O)/C(C#N)=C\c1ccc(N2CCOCC2)cc1)c1ccccc1. The summed E-state index contributed by atoms with van der Waals surface area (Å²) < 4.78 is 5.37. The Kier molecular flexibility index (Phi) is 6.24. The van der Waals surface area contributed by atoms with Gasteiger partial charge in [0, 0.05) is 18.8 Å². The van der Waals surface area contributed by atoms with Gasteiger partial charge in [-0.15, -0.1) is 0 Å². The number of benzene rings is 2. The monoisotopic (exact) mass is 361 g/mol. The number of amides is 1. The van der Waals surface area contributed by atoms with Gasteiger partial charge in [0.25, 0.3) is 5.91 Å². The van der Waals surface area contributed by atoms with Crippen LogP contribution in [0.15, 0.2) is 60.2 Å². The maximum atomic E-state index is 12.5. The molecule has 1 aliphatic rings. The molecule has 2 aromatic carbocycles. The molecule has 3 rings (SSSR count). The van der Waals surface area contributed by atoms with Crippen molar-refractivity contribution >= 4 is 17.7 Å². The van der Waals surface area contributed by atoms with Gasteiger partial charge in [-0.25, -0.2) is 0 Å². The number of carbonyl (C=O) groups excluding carboxylic acids is 1. The van der Waals surface area contributed by atoms with Gasteiger partial charge in [-0.2, -0.15) is 5.26 Å². The number of nitrogens with zero attached hydrogens (tertiary/aromatic N) is 2. The fourth-order valence-corrected chi connectivity index (χ4v) is 3.02. The molecule has 1 saturated heterocycles. The number of rotatable bonds is 5. The van der Waals surface area contributed by atoms with Gasteiger partial charge in [0.05, 0.1) is 19.3 Å². The van der Waals surface area contributed by atoms with Crippen LogP contribution in [0, 0.1) is 11.3 Å². The van der Waals surface area contributed by atoms with Crippen LogP contribution in [0.2, 0.25) is 0 Å². The first kappa shape index (κ1) is 18.7. The highest BCUT2D eigenvalue weighted by Crippen LogP contribution is 2.18. The number of morpholine rings is 1. The molecule has 0 spiro atoms. The topological polar surface area (TPSA) is 65.4 Å². The molecule has 1 fully saturated rings. The average Bonchev–Trinajstić information content (AvgIpc) is 2.73. The quantitative estimate of drug-likeness (QED) is 0.655. The normalized spacial score (nSPS) is 15.7. The van der Waals surface area contributed by atoms with Gasteiger partial charge in [0.1, 0.15) is 11.6 Å². The molecule has 138 valence electrons. The van der Waals surface area contributed by atoms with Crippen LogP contribution in [0.4, 0.5) is 5.69 Å². The van der Waals surface area contributed by atoms with Crippen molar-refractivity contribution in [2.75, 3.05) is 31.2 Å². The Morgan fingerprint density at radius 1 is 1.15 bits per heavy atom. The zero-order valence-corrected chi connectivity index (χ0v) is 15.4. The summed E-state index contributed by atoms with van der Waals surface area (Å²) in [5.74, 6) is -0.369. The van der Waals surface area contributed by atoms with Gasteiger partial charge in [0.2, 0.25) is 0 Å². The van der Waals surface area contributed by atoms with E-state index in [1.54, 1.807) is 6.08 Å². The van der Waals surface area contributed by atoms with Crippen LogP contribution in [-0.4, -0.2) is 32.2 Å². The summed E-state index contributed by atoms with van der Waals surface area (Å²) in [6.45, 7) is 5.12. The highest BCUT2D eigenvalue weighted by Gasteiger charge is 2.14. The van der Waals surface area contributed by atoms with E-state index in [9.17, 15) is 10.1 Å². The molecule has 0 radical (unpaired) electrons. The van der Waals surface area contributed by atoms with E-state index in [1.807, 2.05) is 67.6 Å². The fraction of sp³-hybridized carbons (Fsp3) is 0.273. The average molecular weight is 361 g/mol. The summed E-state index contributed by atoms with van der Waals surface area (Å²) in [6, 6.07) is 19.4. The second kappa shape index (κ2) is 9.02. The highest BCUT2D eigenvalue weighted by molar-refractivity contribution is 6.01. The molecule has 0 saturated carbocycles. The number of carbonyl (C=O) groups is 1. The number of anilines is 1. The predicted molar refractivity (Wildman–Crippen MR) is 106 cm³/mol. The minimum absolute atomic E-state index is 0.0944. The molecule has 1 amide bonds. The van der Waals surface area contributed by atoms with Gasteiger partial charge in [-0.1, -0.05) is 42.5 Å². The van der Waals surface area contributed by atoms with Gasteiger partial charge >= 0.3 is 0 Å². The molecule has 0 aliphatic carbocycles. The van der Waals surface area contributed by atoms with Crippen molar-refractivity contribution in [1.82, 2.24) is 5.32 Å². The van der Waals surface area contributed by atoms with Gasteiger partial charge in [-0.3, -0.25) is 4.79 Å². The third-order valence-corrected chi connectivity index (χ3v) is 4.59. The Morgan fingerprint density at radius 2 is 1.81 bits per heavy atom. The van der Waals surface area contributed by atoms with E-state index in [-0.39, 0.29) is 17.5 Å². The van der Waals surface area contributed by atoms with E-state index >= 15 is 0 Å². The molecule has 0 aromatic heterocycles. The molecule has 1 N–H and O–H groups in total. The minimum atomic E-state index is -0.369. The van der Waals surface area contributed by atoms with Crippen molar-refractivity contribution < 1.29 is 9.53 Å². The van der Waals surface area contributed by atoms with Crippen LogP contribution in [0.3, 0.4) is 0 Å². The number of nitriles is 1. The number of nitrogens with one attached hydrogen (secondary N) is 1. The molecule has 5 heteroatoms. The van der Waals surface area contributed by atoms with Crippen LogP contribution < -0.4 is 10.2 Å². The first-order chi connectivity index (χ1) is 13.2. The van der Waals surface area contributed by atoms with E-state index in [0.29, 0.717) is 0 Å². The van der Waals surface area contributed by atoms with Crippen LogP contribution >= 0.6 is 0 Å². The first-order valence-corrected chi connectivity index (χ1v) is 9.08. The van der Waals surface area contributed by atoms with E-state index in [2.05, 4.69) is 10.2 Å². The predicted octanol–water partition coefficient (Wildman–Crippen LogP) is 3.31. The fourth-order valence-electron chi connectivity index (χ4n) is 3.02. The molecule has 27 heavy (non-hydrogen) atoms. The largest absolute Gasteiger partial charge is 0.378 e. The van der Waals surface area contributed by atoms with Crippen molar-refractivity contribution in [3.8, 4) is 6.07 Å². The van der Waals surface area contributed by atoms with Gasteiger partial charge in [-0.05, 0) is 36.3 Å². The first-order valence-electron chi connectivity index (χ1n) is 9.08. The molecular formula is C22H23N3O2. The number of ether oxygens (including phenoxy) is 1. The van der Waals surface area contributed by atoms with Crippen LogP contribution in [0.1, 0.15) is 24.1 Å². The summed E-state index contributed by atoms with van der Waals surface area (Å²) in [5.41, 5.74) is 3.04. The zero-order chi connectivity index (χ0) is 19.1. The summed E-state index contributed by atoms with van der Waals surface area (Å²) in [7, 11) is 0. The Balaban J connectivity index is 1.68. The van der Waals surface area contributed by atoms with Crippen LogP contribution in [0.5, 0.6) is 0 Å². The van der Waals surface area contributed by atoms with Crippen molar-refractivity contribution in [2.45, 2.75) is 13.0 Å². The minimum Gasteiger partial charge on any atom is -0.378 e. The third kappa shape index (κ3) is 4.96. The lowest BCUT2D eigenvalue weighted by Gasteiger charge is -2.28. The molecule has 0 unspecified atom stereocenters. The van der Waals surface area contributed by atoms with Crippen molar-refractivity contribution in [3.05, 3.63) is 71.3 Å². The lowest BCUT2D eigenvalue weighted by Crippen LogP contribution is -2.36. The highest BCUT2D eigenvalue weighted by atomic mass is 16.5. The molecule has 5 nitrogen and oxygen atoms in total. The Morgan fingerprint density at radius 3 is 2.44 bits per heavy atom. The van der Waals surface area contributed by atoms with E-state index < -0.39 is 0 Å². The van der Waals surface area contributed by atoms with Crippen LogP contribution in [-0.2, 0) is 9.53 Å². The summed E-state index contributed by atoms with van der Waals surface area (Å²) >= 11 is 0. The maximum Gasteiger partial charge on any atom is 0.262 e.